The molecule has 0 aliphatic carbocycles. The van der Waals surface area contributed by atoms with Crippen LogP contribution in [0.15, 0.2) is 60.7 Å². The molecule has 0 fully saturated rings. The van der Waals surface area contributed by atoms with Gasteiger partial charge < -0.3 is 15.0 Å². The number of carbonyl (C=O) groups excluding carboxylic acids is 2. The molecule has 29 heavy (non-hydrogen) atoms. The Morgan fingerprint density at radius 1 is 1.00 bits per heavy atom. The van der Waals surface area contributed by atoms with Crippen LogP contribution >= 0.6 is 0 Å². The second-order valence-corrected chi connectivity index (χ2v) is 8.09. The second-order valence-electron chi connectivity index (χ2n) is 8.09. The normalized spacial score (nSPS) is 12.1. The van der Waals surface area contributed by atoms with Gasteiger partial charge in [-0.2, -0.15) is 0 Å². The maximum atomic E-state index is 13.0. The molecule has 0 heterocycles. The monoisotopic (exact) mass is 396 g/mol. The lowest BCUT2D eigenvalue weighted by Gasteiger charge is -2.33. The number of hydrogen-bond acceptors (Lipinski definition) is 3. The molecule has 0 aliphatic heterocycles. The highest BCUT2D eigenvalue weighted by Crippen LogP contribution is 2.13. The fourth-order valence-corrected chi connectivity index (χ4v) is 3.09. The van der Waals surface area contributed by atoms with Crippen LogP contribution in [0.25, 0.3) is 0 Å². The Morgan fingerprint density at radius 2 is 1.59 bits per heavy atom. The summed E-state index contributed by atoms with van der Waals surface area (Å²) in [6.07, 6.45) is 1.21. The average molecular weight is 397 g/mol. The summed E-state index contributed by atoms with van der Waals surface area (Å²) in [6.45, 7) is 8.09. The van der Waals surface area contributed by atoms with E-state index in [0.717, 1.165) is 5.56 Å². The molecule has 0 saturated heterocycles. The van der Waals surface area contributed by atoms with Crippen molar-refractivity contribution in [3.05, 3.63) is 66.2 Å². The fourth-order valence-electron chi connectivity index (χ4n) is 3.09. The molecular weight excluding hydrogens is 364 g/mol. The lowest BCUT2D eigenvalue weighted by atomic mass is 10.1. The van der Waals surface area contributed by atoms with E-state index in [1.807, 2.05) is 88.4 Å². The number of hydrogen-bond donors (Lipinski definition) is 1. The minimum absolute atomic E-state index is 0.0991. The molecule has 0 aliphatic rings. The minimum atomic E-state index is -0.537. The Kier molecular flexibility index (Phi) is 8.25. The number of nitrogens with zero attached hydrogens (tertiary/aromatic N) is 1. The smallest absolute Gasteiger partial charge is 0.261 e. The van der Waals surface area contributed by atoms with Gasteiger partial charge >= 0.3 is 0 Å². The summed E-state index contributed by atoms with van der Waals surface area (Å²) in [6, 6.07) is 18.7. The van der Waals surface area contributed by atoms with Crippen LogP contribution in [0.4, 0.5) is 0 Å². The zero-order chi connectivity index (χ0) is 21.3. The maximum absolute atomic E-state index is 13.0. The quantitative estimate of drug-likeness (QED) is 0.701. The number of nitrogens with one attached hydrogen (secondary N) is 1. The molecule has 5 heteroatoms. The molecule has 0 saturated carbocycles. The van der Waals surface area contributed by atoms with Gasteiger partial charge in [-0.15, -0.1) is 0 Å². The van der Waals surface area contributed by atoms with E-state index in [2.05, 4.69) is 5.32 Å². The summed E-state index contributed by atoms with van der Waals surface area (Å²) >= 11 is 0. The van der Waals surface area contributed by atoms with Gasteiger partial charge in [0.25, 0.3) is 5.91 Å². The van der Waals surface area contributed by atoms with Gasteiger partial charge in [0.05, 0.1) is 0 Å². The van der Waals surface area contributed by atoms with Crippen molar-refractivity contribution in [3.63, 3.8) is 0 Å². The third-order valence-corrected chi connectivity index (χ3v) is 4.47. The lowest BCUT2D eigenvalue weighted by Crippen LogP contribution is -2.54. The van der Waals surface area contributed by atoms with Gasteiger partial charge in [-0.05, 0) is 51.3 Å². The second kappa shape index (κ2) is 10.6. The van der Waals surface area contributed by atoms with Crippen molar-refractivity contribution < 1.29 is 14.3 Å². The summed E-state index contributed by atoms with van der Waals surface area (Å²) in [7, 11) is 0. The zero-order valence-electron chi connectivity index (χ0n) is 17.9. The first-order chi connectivity index (χ1) is 13.8. The van der Waals surface area contributed by atoms with E-state index in [1.165, 1.54) is 0 Å². The number of rotatable bonds is 9. The Balaban J connectivity index is 2.13. The van der Waals surface area contributed by atoms with Crippen LogP contribution in [-0.4, -0.2) is 41.4 Å². The number of carbonyl (C=O) groups is 2. The Labute approximate surface area is 174 Å². The molecule has 1 unspecified atom stereocenters. The molecule has 5 nitrogen and oxygen atoms in total. The van der Waals surface area contributed by atoms with Crippen molar-refractivity contribution in [3.8, 4) is 5.75 Å². The largest absolute Gasteiger partial charge is 0.484 e. The molecule has 2 aromatic rings. The third-order valence-electron chi connectivity index (χ3n) is 4.47. The summed E-state index contributed by atoms with van der Waals surface area (Å²) in [5.74, 6) is 0.304. The van der Waals surface area contributed by atoms with E-state index in [-0.39, 0.29) is 24.0 Å². The van der Waals surface area contributed by atoms with E-state index >= 15 is 0 Å². The molecule has 0 bridgehead atoms. The van der Waals surface area contributed by atoms with Crippen LogP contribution in [0.3, 0.4) is 0 Å². The Morgan fingerprint density at radius 3 is 2.14 bits per heavy atom. The molecule has 2 amide bonds. The van der Waals surface area contributed by atoms with E-state index in [1.54, 1.807) is 4.90 Å². The first-order valence-electron chi connectivity index (χ1n) is 10.1. The van der Waals surface area contributed by atoms with Gasteiger partial charge in [-0.3, -0.25) is 9.59 Å². The summed E-state index contributed by atoms with van der Waals surface area (Å²) < 4.78 is 5.65. The molecule has 156 valence electrons. The van der Waals surface area contributed by atoms with E-state index in [4.69, 9.17) is 4.74 Å². The molecule has 1 N–H and O–H groups in total. The zero-order valence-corrected chi connectivity index (χ0v) is 17.9. The van der Waals surface area contributed by atoms with Crippen LogP contribution in [0.2, 0.25) is 0 Å². The molecule has 2 aromatic carbocycles. The molecule has 0 radical (unpaired) electrons. The van der Waals surface area contributed by atoms with Crippen molar-refractivity contribution in [2.45, 2.75) is 52.1 Å². The predicted octanol–water partition coefficient (Wildman–Crippen LogP) is 3.83. The van der Waals surface area contributed by atoms with Gasteiger partial charge in [-0.1, -0.05) is 55.5 Å². The van der Waals surface area contributed by atoms with E-state index in [0.29, 0.717) is 25.1 Å². The number of ether oxygens (including phenoxy) is 1. The van der Waals surface area contributed by atoms with Crippen LogP contribution in [-0.2, 0) is 16.0 Å². The van der Waals surface area contributed by atoms with Gasteiger partial charge in [0.15, 0.2) is 6.61 Å². The topological polar surface area (TPSA) is 58.6 Å². The summed E-state index contributed by atoms with van der Waals surface area (Å²) in [4.78, 5) is 27.6. The van der Waals surface area contributed by atoms with Crippen LogP contribution in [0.5, 0.6) is 5.75 Å². The van der Waals surface area contributed by atoms with Crippen molar-refractivity contribution in [1.29, 1.82) is 0 Å². The maximum Gasteiger partial charge on any atom is 0.261 e. The Bertz CT molecular complexity index is 770. The summed E-state index contributed by atoms with van der Waals surface area (Å²) in [5.41, 5.74) is 0.763. The van der Waals surface area contributed by atoms with Crippen LogP contribution in [0.1, 0.15) is 39.7 Å². The minimum Gasteiger partial charge on any atom is -0.484 e. The third kappa shape index (κ3) is 7.60. The molecule has 2 rings (SSSR count). The standard InChI is InChI=1S/C24H32N2O3/c1-5-21(23(28)25-24(2,3)4)26(17-16-19-12-8-6-9-13-19)22(27)18-29-20-14-10-7-11-15-20/h6-15,21H,5,16-18H2,1-4H3,(H,25,28). The Hall–Kier alpha value is -2.82. The van der Waals surface area contributed by atoms with Crippen LogP contribution < -0.4 is 10.1 Å². The highest BCUT2D eigenvalue weighted by atomic mass is 16.5. The van der Waals surface area contributed by atoms with E-state index < -0.39 is 6.04 Å². The first-order valence-corrected chi connectivity index (χ1v) is 10.1. The highest BCUT2D eigenvalue weighted by molar-refractivity contribution is 5.88. The molecule has 1 atom stereocenters. The van der Waals surface area contributed by atoms with Crippen molar-refractivity contribution in [2.24, 2.45) is 0 Å². The van der Waals surface area contributed by atoms with Gasteiger partial charge in [0.2, 0.25) is 5.91 Å². The number of amides is 2. The number of para-hydroxylation sites is 1. The summed E-state index contributed by atoms with van der Waals surface area (Å²) in [5, 5.41) is 3.00. The predicted molar refractivity (Wildman–Crippen MR) is 116 cm³/mol. The van der Waals surface area contributed by atoms with Crippen LogP contribution in [0, 0.1) is 0 Å². The van der Waals surface area contributed by atoms with Crippen molar-refractivity contribution in [2.75, 3.05) is 13.2 Å². The highest BCUT2D eigenvalue weighted by Gasteiger charge is 2.30. The van der Waals surface area contributed by atoms with Gasteiger partial charge in [0, 0.05) is 12.1 Å². The first kappa shape index (κ1) is 22.5. The fraction of sp³-hybridized carbons (Fsp3) is 0.417. The lowest BCUT2D eigenvalue weighted by molar-refractivity contribution is -0.142. The van der Waals surface area contributed by atoms with Crippen molar-refractivity contribution in [1.82, 2.24) is 10.2 Å². The van der Waals surface area contributed by atoms with Crippen molar-refractivity contribution >= 4 is 11.8 Å². The number of benzene rings is 2. The average Bonchev–Trinajstić information content (AvgIpc) is 2.69. The molecule has 0 aromatic heterocycles. The van der Waals surface area contributed by atoms with Gasteiger partial charge in [-0.25, -0.2) is 0 Å². The van der Waals surface area contributed by atoms with E-state index in [9.17, 15) is 9.59 Å². The van der Waals surface area contributed by atoms with Gasteiger partial charge in [0.1, 0.15) is 11.8 Å². The molecule has 0 spiro atoms. The molecular formula is C24H32N2O3. The SMILES string of the molecule is CCC(C(=O)NC(C)(C)C)N(CCc1ccccc1)C(=O)COc1ccccc1.